The molecule has 2 aromatic rings. The Balaban J connectivity index is 2.94. The minimum atomic E-state index is -1.08. The quantitative estimate of drug-likeness (QED) is 0.804. The normalized spacial score (nSPS) is 10.5. The molecule has 0 fully saturated rings. The van der Waals surface area contributed by atoms with E-state index < -0.39 is 34.1 Å². The van der Waals surface area contributed by atoms with Gasteiger partial charge in [0.05, 0.1) is 11.3 Å². The molecule has 0 bridgehead atoms. The molecule has 8 heteroatoms. The van der Waals surface area contributed by atoms with E-state index in [1.165, 1.54) is 20.0 Å². The molecular weight excluding hydrogens is 304 g/mol. The maximum Gasteiger partial charge on any atom is 0.335 e. The largest absolute Gasteiger partial charge is 0.335 e. The summed E-state index contributed by atoms with van der Waals surface area (Å²) in [4.78, 5) is 24.1. The summed E-state index contributed by atoms with van der Waals surface area (Å²) in [7, 11) is 1.34. The van der Waals surface area contributed by atoms with E-state index in [0.29, 0.717) is 16.7 Å². The third kappa shape index (κ3) is 2.23. The standard InChI is InChI=1S/C13H8ClF2N3O2/c1-6-11(14)12(20)19(13(21)18(6)2)10-4-8(15)7(5-17)3-9(10)16/h3-4H,1-2H3. The second-order valence-corrected chi connectivity index (χ2v) is 4.65. The van der Waals surface area contributed by atoms with Crippen molar-refractivity contribution in [2.24, 2.45) is 7.05 Å². The Labute approximate surface area is 122 Å². The lowest BCUT2D eigenvalue weighted by Gasteiger charge is -2.12. The second-order valence-electron chi connectivity index (χ2n) is 4.28. The average molecular weight is 312 g/mol. The molecule has 0 N–H and O–H groups in total. The van der Waals surface area contributed by atoms with Gasteiger partial charge in [0.2, 0.25) is 0 Å². The molecule has 1 heterocycles. The van der Waals surface area contributed by atoms with Crippen LogP contribution in [0.4, 0.5) is 8.78 Å². The molecule has 2 rings (SSSR count). The average Bonchev–Trinajstić information content (AvgIpc) is 2.46. The monoisotopic (exact) mass is 311 g/mol. The zero-order chi connectivity index (χ0) is 15.9. The summed E-state index contributed by atoms with van der Waals surface area (Å²) in [5, 5.41) is 8.35. The molecule has 5 nitrogen and oxygen atoms in total. The summed E-state index contributed by atoms with van der Waals surface area (Å²) < 4.78 is 29.0. The molecule has 1 aromatic heterocycles. The molecule has 108 valence electrons. The molecule has 0 saturated carbocycles. The smallest absolute Gasteiger partial charge is 0.299 e. The van der Waals surface area contributed by atoms with E-state index in [2.05, 4.69) is 0 Å². The highest BCUT2D eigenvalue weighted by atomic mass is 35.5. The van der Waals surface area contributed by atoms with Crippen LogP contribution >= 0.6 is 11.6 Å². The van der Waals surface area contributed by atoms with Crippen molar-refractivity contribution in [3.8, 4) is 11.8 Å². The summed E-state index contributed by atoms with van der Waals surface area (Å²) in [6.07, 6.45) is 0. The van der Waals surface area contributed by atoms with Gasteiger partial charge in [-0.15, -0.1) is 0 Å². The molecule has 0 aliphatic heterocycles. The Bertz CT molecular complexity index is 872. The highest BCUT2D eigenvalue weighted by Gasteiger charge is 2.19. The molecule has 21 heavy (non-hydrogen) atoms. The molecule has 0 unspecified atom stereocenters. The van der Waals surface area contributed by atoms with Crippen LogP contribution in [0, 0.1) is 29.9 Å². The third-order valence-corrected chi connectivity index (χ3v) is 3.52. The predicted molar refractivity (Wildman–Crippen MR) is 71.7 cm³/mol. The van der Waals surface area contributed by atoms with Crippen LogP contribution in [0.2, 0.25) is 5.02 Å². The van der Waals surface area contributed by atoms with E-state index in [9.17, 15) is 18.4 Å². The van der Waals surface area contributed by atoms with E-state index in [1.54, 1.807) is 0 Å². The third-order valence-electron chi connectivity index (χ3n) is 3.09. The number of hydrogen-bond acceptors (Lipinski definition) is 3. The number of benzene rings is 1. The van der Waals surface area contributed by atoms with Crippen LogP contribution in [0.15, 0.2) is 21.7 Å². The highest BCUT2D eigenvalue weighted by Crippen LogP contribution is 2.17. The fourth-order valence-electron chi connectivity index (χ4n) is 1.79. The van der Waals surface area contributed by atoms with Crippen molar-refractivity contribution in [2.75, 3.05) is 0 Å². The van der Waals surface area contributed by atoms with Crippen molar-refractivity contribution in [3.05, 3.63) is 60.9 Å². The number of nitriles is 1. The lowest BCUT2D eigenvalue weighted by molar-refractivity contribution is 0.580. The van der Waals surface area contributed by atoms with Gasteiger partial charge in [0.1, 0.15) is 22.7 Å². The van der Waals surface area contributed by atoms with Crippen LogP contribution in [-0.2, 0) is 7.05 Å². The number of rotatable bonds is 1. The molecule has 0 saturated heterocycles. The van der Waals surface area contributed by atoms with Crippen molar-refractivity contribution in [2.45, 2.75) is 6.92 Å². The summed E-state index contributed by atoms with van der Waals surface area (Å²) in [5.74, 6) is -2.12. The van der Waals surface area contributed by atoms with Gasteiger partial charge in [-0.1, -0.05) is 11.6 Å². The maximum atomic E-state index is 14.0. The number of aromatic nitrogens is 2. The van der Waals surface area contributed by atoms with Crippen molar-refractivity contribution >= 4 is 11.6 Å². The van der Waals surface area contributed by atoms with E-state index in [1.807, 2.05) is 0 Å². The minimum absolute atomic E-state index is 0.206. The van der Waals surface area contributed by atoms with Gasteiger partial charge in [0.15, 0.2) is 0 Å². The first-order valence-electron chi connectivity index (χ1n) is 5.67. The minimum Gasteiger partial charge on any atom is -0.299 e. The van der Waals surface area contributed by atoms with Crippen LogP contribution in [0.1, 0.15) is 11.3 Å². The zero-order valence-electron chi connectivity index (χ0n) is 10.9. The van der Waals surface area contributed by atoms with Crippen molar-refractivity contribution in [3.63, 3.8) is 0 Å². The second kappa shape index (κ2) is 5.14. The molecule has 1 aromatic carbocycles. The topological polar surface area (TPSA) is 67.8 Å². The molecule has 0 aliphatic rings. The van der Waals surface area contributed by atoms with E-state index >= 15 is 0 Å². The maximum absolute atomic E-state index is 14.0. The van der Waals surface area contributed by atoms with Crippen LogP contribution in [-0.4, -0.2) is 9.13 Å². The zero-order valence-corrected chi connectivity index (χ0v) is 11.7. The lowest BCUT2D eigenvalue weighted by Crippen LogP contribution is -2.39. The Hall–Kier alpha value is -2.46. The van der Waals surface area contributed by atoms with Crippen molar-refractivity contribution in [1.29, 1.82) is 5.26 Å². The van der Waals surface area contributed by atoms with E-state index in [4.69, 9.17) is 16.9 Å². The van der Waals surface area contributed by atoms with Gasteiger partial charge < -0.3 is 0 Å². The van der Waals surface area contributed by atoms with Crippen molar-refractivity contribution in [1.82, 2.24) is 9.13 Å². The van der Waals surface area contributed by atoms with Gasteiger partial charge in [0, 0.05) is 18.8 Å². The molecule has 0 atom stereocenters. The summed E-state index contributed by atoms with van der Waals surface area (Å²) in [6, 6.07) is 2.69. The number of hydrogen-bond donors (Lipinski definition) is 0. The highest BCUT2D eigenvalue weighted by molar-refractivity contribution is 6.31. The lowest BCUT2D eigenvalue weighted by atomic mass is 10.2. The van der Waals surface area contributed by atoms with Gasteiger partial charge in [-0.25, -0.2) is 18.1 Å². The van der Waals surface area contributed by atoms with Gasteiger partial charge in [-0.2, -0.15) is 5.26 Å². The number of nitrogens with zero attached hydrogens (tertiary/aromatic N) is 3. The van der Waals surface area contributed by atoms with Gasteiger partial charge in [-0.05, 0) is 13.0 Å². The SMILES string of the molecule is Cc1c(Cl)c(=O)n(-c2cc(F)c(C#N)cc2F)c(=O)n1C. The summed E-state index contributed by atoms with van der Waals surface area (Å²) in [5.41, 5.74) is -2.75. The molecule has 0 radical (unpaired) electrons. The number of halogens is 3. The van der Waals surface area contributed by atoms with Crippen LogP contribution in [0.5, 0.6) is 0 Å². The first-order valence-corrected chi connectivity index (χ1v) is 6.05. The Morgan fingerprint density at radius 2 is 1.86 bits per heavy atom. The molecular formula is C13H8ClF2N3O2. The van der Waals surface area contributed by atoms with Crippen LogP contribution < -0.4 is 11.2 Å². The fraction of sp³-hybridized carbons (Fsp3) is 0.154. The summed E-state index contributed by atoms with van der Waals surface area (Å²) in [6.45, 7) is 1.45. The Morgan fingerprint density at radius 1 is 1.24 bits per heavy atom. The van der Waals surface area contributed by atoms with Crippen LogP contribution in [0.25, 0.3) is 5.69 Å². The first-order chi connectivity index (χ1) is 9.79. The van der Waals surface area contributed by atoms with Gasteiger partial charge in [0.25, 0.3) is 5.56 Å². The molecule has 0 aliphatic carbocycles. The van der Waals surface area contributed by atoms with Gasteiger partial charge >= 0.3 is 5.69 Å². The van der Waals surface area contributed by atoms with E-state index in [0.717, 1.165) is 4.57 Å². The Kier molecular flexibility index (Phi) is 3.66. The van der Waals surface area contributed by atoms with E-state index in [-0.39, 0.29) is 10.7 Å². The van der Waals surface area contributed by atoms with Crippen LogP contribution in [0.3, 0.4) is 0 Å². The fourth-order valence-corrected chi connectivity index (χ4v) is 2.00. The predicted octanol–water partition coefficient (Wildman–Crippen LogP) is 1.65. The van der Waals surface area contributed by atoms with Gasteiger partial charge in [-0.3, -0.25) is 9.36 Å². The molecule has 0 spiro atoms. The first kappa shape index (κ1) is 14.9. The molecule has 0 amide bonds. The summed E-state index contributed by atoms with van der Waals surface area (Å²) >= 11 is 5.80. The Morgan fingerprint density at radius 3 is 2.43 bits per heavy atom. The van der Waals surface area contributed by atoms with Crippen molar-refractivity contribution < 1.29 is 8.78 Å².